The van der Waals surface area contributed by atoms with Crippen LogP contribution in [0.1, 0.15) is 6.92 Å². The number of hydrogen-bond acceptors (Lipinski definition) is 5. The third kappa shape index (κ3) is 2.42. The van der Waals surface area contributed by atoms with Crippen LogP contribution in [0.4, 0.5) is 5.95 Å². The SMILES string of the molecule is CC1COC(CO)CN1c1ncc(Cl)cn1. The summed E-state index contributed by atoms with van der Waals surface area (Å²) >= 11 is 5.73. The summed E-state index contributed by atoms with van der Waals surface area (Å²) < 4.78 is 5.44. The van der Waals surface area contributed by atoms with Crippen molar-refractivity contribution < 1.29 is 9.84 Å². The minimum atomic E-state index is -0.171. The van der Waals surface area contributed by atoms with Crippen LogP contribution in [0.25, 0.3) is 0 Å². The average molecular weight is 244 g/mol. The molecule has 2 rings (SSSR count). The Morgan fingerprint density at radius 1 is 1.56 bits per heavy atom. The van der Waals surface area contributed by atoms with Crippen LogP contribution in [0.2, 0.25) is 5.02 Å². The maximum atomic E-state index is 9.07. The lowest BCUT2D eigenvalue weighted by molar-refractivity contribution is -0.0108. The first kappa shape index (κ1) is 11.6. The molecule has 1 aromatic heterocycles. The summed E-state index contributed by atoms with van der Waals surface area (Å²) in [6.07, 6.45) is 2.97. The van der Waals surface area contributed by atoms with E-state index in [-0.39, 0.29) is 18.8 Å². The Kier molecular flexibility index (Phi) is 3.58. The van der Waals surface area contributed by atoms with Gasteiger partial charge in [-0.15, -0.1) is 0 Å². The molecule has 0 amide bonds. The van der Waals surface area contributed by atoms with Gasteiger partial charge in [-0.25, -0.2) is 9.97 Å². The summed E-state index contributed by atoms with van der Waals surface area (Å²) in [7, 11) is 0. The van der Waals surface area contributed by atoms with Gasteiger partial charge in [0.25, 0.3) is 0 Å². The number of ether oxygens (including phenoxy) is 1. The van der Waals surface area contributed by atoms with Crippen LogP contribution < -0.4 is 4.90 Å². The number of aliphatic hydroxyl groups excluding tert-OH is 1. The van der Waals surface area contributed by atoms with Crippen molar-refractivity contribution in [2.75, 3.05) is 24.7 Å². The Balaban J connectivity index is 2.14. The average Bonchev–Trinajstić information content (AvgIpc) is 2.31. The van der Waals surface area contributed by atoms with Gasteiger partial charge in [-0.1, -0.05) is 11.6 Å². The molecule has 88 valence electrons. The van der Waals surface area contributed by atoms with Gasteiger partial charge < -0.3 is 14.7 Å². The summed E-state index contributed by atoms with van der Waals surface area (Å²) in [5.41, 5.74) is 0. The highest BCUT2D eigenvalue weighted by Gasteiger charge is 2.27. The lowest BCUT2D eigenvalue weighted by Gasteiger charge is -2.37. The van der Waals surface area contributed by atoms with Crippen molar-refractivity contribution in [3.63, 3.8) is 0 Å². The van der Waals surface area contributed by atoms with E-state index in [1.807, 2.05) is 11.8 Å². The van der Waals surface area contributed by atoms with Crippen molar-refractivity contribution in [1.82, 2.24) is 9.97 Å². The minimum absolute atomic E-state index is 0.0107. The highest BCUT2D eigenvalue weighted by atomic mass is 35.5. The van der Waals surface area contributed by atoms with E-state index in [9.17, 15) is 0 Å². The van der Waals surface area contributed by atoms with Gasteiger partial charge in [0.1, 0.15) is 0 Å². The molecule has 0 bridgehead atoms. The van der Waals surface area contributed by atoms with E-state index in [1.54, 1.807) is 12.4 Å². The fourth-order valence-electron chi connectivity index (χ4n) is 1.66. The van der Waals surface area contributed by atoms with Crippen molar-refractivity contribution in [2.45, 2.75) is 19.1 Å². The highest BCUT2D eigenvalue weighted by Crippen LogP contribution is 2.18. The summed E-state index contributed by atoms with van der Waals surface area (Å²) in [6, 6.07) is 0.198. The second kappa shape index (κ2) is 4.95. The third-order valence-electron chi connectivity index (χ3n) is 2.57. The first-order valence-electron chi connectivity index (χ1n) is 5.17. The summed E-state index contributed by atoms with van der Waals surface area (Å²) in [5.74, 6) is 0.624. The molecule has 2 atom stereocenters. The summed E-state index contributed by atoms with van der Waals surface area (Å²) in [5, 5.41) is 9.59. The largest absolute Gasteiger partial charge is 0.394 e. The van der Waals surface area contributed by atoms with Crippen LogP contribution in [0, 0.1) is 0 Å². The minimum Gasteiger partial charge on any atom is -0.394 e. The van der Waals surface area contributed by atoms with E-state index < -0.39 is 0 Å². The monoisotopic (exact) mass is 243 g/mol. The molecule has 1 aliphatic rings. The first-order valence-corrected chi connectivity index (χ1v) is 5.55. The van der Waals surface area contributed by atoms with Crippen molar-refractivity contribution in [3.8, 4) is 0 Å². The normalized spacial score (nSPS) is 25.8. The number of aromatic nitrogens is 2. The maximum absolute atomic E-state index is 9.07. The number of morpholine rings is 1. The number of hydrogen-bond donors (Lipinski definition) is 1. The number of nitrogens with zero attached hydrogens (tertiary/aromatic N) is 3. The van der Waals surface area contributed by atoms with Gasteiger partial charge in [-0.05, 0) is 6.92 Å². The number of anilines is 1. The molecular formula is C10H14ClN3O2. The molecule has 1 fully saturated rings. The molecule has 1 saturated heterocycles. The molecule has 1 aliphatic heterocycles. The second-order valence-corrected chi connectivity index (χ2v) is 4.28. The first-order chi connectivity index (χ1) is 7.70. The van der Waals surface area contributed by atoms with Gasteiger partial charge in [-0.2, -0.15) is 0 Å². The summed E-state index contributed by atoms with van der Waals surface area (Å²) in [4.78, 5) is 10.3. The molecule has 1 aromatic rings. The van der Waals surface area contributed by atoms with E-state index in [0.29, 0.717) is 24.1 Å². The lowest BCUT2D eigenvalue weighted by atomic mass is 10.2. The van der Waals surface area contributed by atoms with Crippen molar-refractivity contribution in [3.05, 3.63) is 17.4 Å². The maximum Gasteiger partial charge on any atom is 0.225 e. The fourth-order valence-corrected chi connectivity index (χ4v) is 1.76. The van der Waals surface area contributed by atoms with E-state index >= 15 is 0 Å². The quantitative estimate of drug-likeness (QED) is 0.829. The van der Waals surface area contributed by atoms with Crippen LogP contribution in [0.15, 0.2) is 12.4 Å². The van der Waals surface area contributed by atoms with Gasteiger partial charge in [0.2, 0.25) is 5.95 Å². The van der Waals surface area contributed by atoms with Crippen LogP contribution in [-0.2, 0) is 4.74 Å². The van der Waals surface area contributed by atoms with Crippen molar-refractivity contribution >= 4 is 17.5 Å². The van der Waals surface area contributed by atoms with Gasteiger partial charge >= 0.3 is 0 Å². The Bertz CT molecular complexity index is 346. The highest BCUT2D eigenvalue weighted by molar-refractivity contribution is 6.30. The second-order valence-electron chi connectivity index (χ2n) is 3.84. The Labute approximate surface area is 99.0 Å². The number of rotatable bonds is 2. The topological polar surface area (TPSA) is 58.5 Å². The van der Waals surface area contributed by atoms with Gasteiger partial charge in [0, 0.05) is 6.54 Å². The van der Waals surface area contributed by atoms with Crippen LogP contribution in [-0.4, -0.2) is 47.0 Å². The number of aliphatic hydroxyl groups is 1. The molecule has 16 heavy (non-hydrogen) atoms. The van der Waals surface area contributed by atoms with E-state index in [0.717, 1.165) is 0 Å². The Morgan fingerprint density at radius 2 is 2.25 bits per heavy atom. The zero-order valence-corrected chi connectivity index (χ0v) is 9.76. The molecule has 2 heterocycles. The van der Waals surface area contributed by atoms with Gasteiger partial charge in [-0.3, -0.25) is 0 Å². The molecule has 0 aliphatic carbocycles. The predicted molar refractivity (Wildman–Crippen MR) is 60.7 cm³/mol. The molecule has 0 saturated carbocycles. The van der Waals surface area contributed by atoms with E-state index in [2.05, 4.69) is 9.97 Å². The Hall–Kier alpha value is -0.910. The zero-order chi connectivity index (χ0) is 11.5. The van der Waals surface area contributed by atoms with Crippen LogP contribution in [0.5, 0.6) is 0 Å². The van der Waals surface area contributed by atoms with Crippen LogP contribution in [0.3, 0.4) is 0 Å². The van der Waals surface area contributed by atoms with Gasteiger partial charge in [0.15, 0.2) is 0 Å². The van der Waals surface area contributed by atoms with Crippen molar-refractivity contribution in [1.29, 1.82) is 0 Å². The van der Waals surface area contributed by atoms with E-state index in [4.69, 9.17) is 21.4 Å². The van der Waals surface area contributed by atoms with Crippen LogP contribution >= 0.6 is 11.6 Å². The standard InChI is InChI=1S/C10H14ClN3O2/c1-7-6-16-9(5-15)4-14(7)10-12-2-8(11)3-13-10/h2-3,7,9,15H,4-6H2,1H3. The molecule has 6 heteroatoms. The molecule has 0 spiro atoms. The summed E-state index contributed by atoms with van der Waals surface area (Å²) in [6.45, 7) is 3.21. The van der Waals surface area contributed by atoms with Crippen molar-refractivity contribution in [2.24, 2.45) is 0 Å². The molecule has 1 N–H and O–H groups in total. The lowest BCUT2D eigenvalue weighted by Crippen LogP contribution is -2.50. The predicted octanol–water partition coefficient (Wildman–Crippen LogP) is 0.716. The fraction of sp³-hybridized carbons (Fsp3) is 0.600. The molecular weight excluding hydrogens is 230 g/mol. The molecule has 5 nitrogen and oxygen atoms in total. The Morgan fingerprint density at radius 3 is 2.88 bits per heavy atom. The van der Waals surface area contributed by atoms with E-state index in [1.165, 1.54) is 0 Å². The third-order valence-corrected chi connectivity index (χ3v) is 2.77. The zero-order valence-electron chi connectivity index (χ0n) is 9.01. The molecule has 0 aromatic carbocycles. The smallest absolute Gasteiger partial charge is 0.225 e. The molecule has 2 unspecified atom stereocenters. The molecule has 0 radical (unpaired) electrons. The van der Waals surface area contributed by atoms with Gasteiger partial charge in [0.05, 0.1) is 42.8 Å². The number of halogens is 1.